The highest BCUT2D eigenvalue weighted by Gasteiger charge is 2.14. The molecule has 1 aromatic heterocycles. The van der Waals surface area contributed by atoms with Crippen LogP contribution in [0.5, 0.6) is 0 Å². The van der Waals surface area contributed by atoms with Gasteiger partial charge in [0.15, 0.2) is 0 Å². The zero-order valence-electron chi connectivity index (χ0n) is 9.52. The topological polar surface area (TPSA) is 93.3 Å². The first kappa shape index (κ1) is 13.0. The molecular weight excluding hydrogens is 268 g/mol. The van der Waals surface area contributed by atoms with Crippen LogP contribution in [0.3, 0.4) is 0 Å². The smallest absolute Gasteiger partial charge is 0.354 e. The summed E-state index contributed by atoms with van der Waals surface area (Å²) in [6.07, 6.45) is 1.36. The lowest BCUT2D eigenvalue weighted by Crippen LogP contribution is -1.99. The average molecular weight is 276 g/mol. The number of aromatic carboxylic acids is 1. The van der Waals surface area contributed by atoms with Crippen LogP contribution in [0.1, 0.15) is 10.5 Å². The molecule has 96 valence electrons. The third-order valence-electron chi connectivity index (χ3n) is 2.24. The molecule has 2 rings (SSSR count). The lowest BCUT2D eigenvalue weighted by molar-refractivity contribution is -0.387. The van der Waals surface area contributed by atoms with Crippen LogP contribution >= 0.6 is 11.8 Å². The zero-order chi connectivity index (χ0) is 13.8. The van der Waals surface area contributed by atoms with Crippen molar-refractivity contribution in [1.29, 1.82) is 0 Å². The number of nitro benzene ring substituents is 1. The number of para-hydroxylation sites is 1. The number of carboxylic acids is 1. The number of aromatic nitrogens is 1. The van der Waals surface area contributed by atoms with Crippen LogP contribution in [0.2, 0.25) is 0 Å². The van der Waals surface area contributed by atoms with Gasteiger partial charge in [-0.15, -0.1) is 0 Å². The van der Waals surface area contributed by atoms with Crippen molar-refractivity contribution in [2.75, 3.05) is 0 Å². The Morgan fingerprint density at radius 2 is 2.05 bits per heavy atom. The molecule has 0 aliphatic rings. The second-order valence-electron chi connectivity index (χ2n) is 3.51. The van der Waals surface area contributed by atoms with Gasteiger partial charge in [0.2, 0.25) is 0 Å². The first-order chi connectivity index (χ1) is 9.08. The van der Waals surface area contributed by atoms with Crippen molar-refractivity contribution < 1.29 is 14.8 Å². The molecule has 1 aromatic carbocycles. The number of carboxylic acid groups (broad SMARTS) is 1. The van der Waals surface area contributed by atoms with Gasteiger partial charge in [0, 0.05) is 17.2 Å². The number of benzene rings is 1. The fourth-order valence-electron chi connectivity index (χ4n) is 1.41. The van der Waals surface area contributed by atoms with Gasteiger partial charge < -0.3 is 5.11 Å². The van der Waals surface area contributed by atoms with Crippen LogP contribution in [-0.4, -0.2) is 21.0 Å². The molecule has 0 fully saturated rings. The standard InChI is InChI=1S/C12H8N2O4S/c15-12(16)9-7-8(5-6-13-9)19-11-4-2-1-3-10(11)14(17)18/h1-7H,(H,15,16). The molecule has 0 atom stereocenters. The predicted octanol–water partition coefficient (Wildman–Crippen LogP) is 2.84. The lowest BCUT2D eigenvalue weighted by Gasteiger charge is -2.03. The van der Waals surface area contributed by atoms with Crippen molar-refractivity contribution >= 4 is 23.4 Å². The van der Waals surface area contributed by atoms with Crippen LogP contribution in [0.4, 0.5) is 5.69 Å². The van der Waals surface area contributed by atoms with Crippen molar-refractivity contribution in [2.24, 2.45) is 0 Å². The van der Waals surface area contributed by atoms with E-state index < -0.39 is 10.9 Å². The van der Waals surface area contributed by atoms with Gasteiger partial charge in [-0.1, -0.05) is 23.9 Å². The molecule has 0 aliphatic heterocycles. The van der Waals surface area contributed by atoms with Crippen molar-refractivity contribution in [2.45, 2.75) is 9.79 Å². The minimum absolute atomic E-state index is 0.0128. The Bertz CT molecular complexity index is 645. The van der Waals surface area contributed by atoms with E-state index in [-0.39, 0.29) is 11.4 Å². The van der Waals surface area contributed by atoms with Crippen LogP contribution < -0.4 is 0 Å². The Labute approximate surface area is 112 Å². The van der Waals surface area contributed by atoms with Gasteiger partial charge in [-0.2, -0.15) is 0 Å². The van der Waals surface area contributed by atoms with Gasteiger partial charge in [-0.25, -0.2) is 9.78 Å². The Balaban J connectivity index is 2.34. The third kappa shape index (κ3) is 3.08. The summed E-state index contributed by atoms with van der Waals surface area (Å²) >= 11 is 1.13. The predicted molar refractivity (Wildman–Crippen MR) is 68.4 cm³/mol. The first-order valence-corrected chi connectivity index (χ1v) is 6.00. The van der Waals surface area contributed by atoms with Gasteiger partial charge in [-0.05, 0) is 18.2 Å². The maximum absolute atomic E-state index is 10.9. The van der Waals surface area contributed by atoms with Crippen molar-refractivity contribution in [3.05, 3.63) is 58.4 Å². The molecule has 2 aromatic rings. The van der Waals surface area contributed by atoms with E-state index in [1.807, 2.05) is 0 Å². The molecule has 0 unspecified atom stereocenters. The summed E-state index contributed by atoms with van der Waals surface area (Å²) in [5.74, 6) is -1.13. The van der Waals surface area contributed by atoms with Crippen molar-refractivity contribution in [3.8, 4) is 0 Å². The number of rotatable bonds is 4. The summed E-state index contributed by atoms with van der Waals surface area (Å²) < 4.78 is 0. The summed E-state index contributed by atoms with van der Waals surface area (Å²) in [6.45, 7) is 0. The van der Waals surface area contributed by atoms with Gasteiger partial charge in [0.05, 0.1) is 9.82 Å². The van der Waals surface area contributed by atoms with E-state index in [0.29, 0.717) is 9.79 Å². The molecule has 0 saturated carbocycles. The highest BCUT2D eigenvalue weighted by atomic mass is 32.2. The van der Waals surface area contributed by atoms with Gasteiger partial charge in [0.25, 0.3) is 5.69 Å². The number of pyridine rings is 1. The summed E-state index contributed by atoms with van der Waals surface area (Å²) in [4.78, 5) is 25.9. The fourth-order valence-corrected chi connectivity index (χ4v) is 2.36. The largest absolute Gasteiger partial charge is 0.477 e. The van der Waals surface area contributed by atoms with E-state index in [9.17, 15) is 14.9 Å². The van der Waals surface area contributed by atoms with Crippen LogP contribution in [-0.2, 0) is 0 Å². The second kappa shape index (κ2) is 5.49. The molecule has 7 heteroatoms. The molecule has 0 amide bonds. The molecule has 1 heterocycles. The molecule has 0 radical (unpaired) electrons. The molecule has 1 N–H and O–H groups in total. The number of hydrogen-bond acceptors (Lipinski definition) is 5. The van der Waals surface area contributed by atoms with E-state index in [2.05, 4.69) is 4.98 Å². The summed E-state index contributed by atoms with van der Waals surface area (Å²) in [6, 6.07) is 9.27. The lowest BCUT2D eigenvalue weighted by atomic mass is 10.3. The minimum atomic E-state index is -1.13. The summed E-state index contributed by atoms with van der Waals surface area (Å²) in [7, 11) is 0. The molecule has 19 heavy (non-hydrogen) atoms. The second-order valence-corrected chi connectivity index (χ2v) is 4.62. The van der Waals surface area contributed by atoms with Crippen LogP contribution in [0, 0.1) is 10.1 Å². The van der Waals surface area contributed by atoms with Crippen LogP contribution in [0.15, 0.2) is 52.4 Å². The van der Waals surface area contributed by atoms with Crippen molar-refractivity contribution in [1.82, 2.24) is 4.98 Å². The Kier molecular flexibility index (Phi) is 3.76. The number of nitro groups is 1. The number of nitrogens with zero attached hydrogens (tertiary/aromatic N) is 2. The third-order valence-corrected chi connectivity index (χ3v) is 3.30. The van der Waals surface area contributed by atoms with Gasteiger partial charge in [0.1, 0.15) is 5.69 Å². The molecule has 6 nitrogen and oxygen atoms in total. The van der Waals surface area contributed by atoms with Crippen LogP contribution in [0.25, 0.3) is 0 Å². The number of hydrogen-bond donors (Lipinski definition) is 1. The van der Waals surface area contributed by atoms with E-state index in [1.165, 1.54) is 18.3 Å². The number of carbonyl (C=O) groups is 1. The van der Waals surface area contributed by atoms with Gasteiger partial charge >= 0.3 is 5.97 Å². The first-order valence-electron chi connectivity index (χ1n) is 5.18. The Morgan fingerprint density at radius 1 is 1.32 bits per heavy atom. The van der Waals surface area contributed by atoms with E-state index in [4.69, 9.17) is 5.11 Å². The average Bonchev–Trinajstić information content (AvgIpc) is 2.39. The Hall–Kier alpha value is -2.41. The van der Waals surface area contributed by atoms with E-state index in [1.54, 1.807) is 24.3 Å². The minimum Gasteiger partial charge on any atom is -0.477 e. The highest BCUT2D eigenvalue weighted by Crippen LogP contribution is 2.34. The van der Waals surface area contributed by atoms with E-state index in [0.717, 1.165) is 11.8 Å². The molecular formula is C12H8N2O4S. The fraction of sp³-hybridized carbons (Fsp3) is 0. The normalized spacial score (nSPS) is 10.1. The van der Waals surface area contributed by atoms with Gasteiger partial charge in [-0.3, -0.25) is 10.1 Å². The molecule has 0 bridgehead atoms. The van der Waals surface area contributed by atoms with Crippen molar-refractivity contribution in [3.63, 3.8) is 0 Å². The Morgan fingerprint density at radius 3 is 2.74 bits per heavy atom. The van der Waals surface area contributed by atoms with E-state index >= 15 is 0 Å². The molecule has 0 aliphatic carbocycles. The molecule has 0 spiro atoms. The maximum atomic E-state index is 10.9. The maximum Gasteiger partial charge on any atom is 0.354 e. The molecule has 0 saturated heterocycles. The SMILES string of the molecule is O=C(O)c1cc(Sc2ccccc2[N+](=O)[O-])ccn1. The quantitative estimate of drug-likeness (QED) is 0.681. The monoisotopic (exact) mass is 276 g/mol. The summed E-state index contributed by atoms with van der Waals surface area (Å²) in [5, 5.41) is 19.7. The highest BCUT2D eigenvalue weighted by molar-refractivity contribution is 7.99. The zero-order valence-corrected chi connectivity index (χ0v) is 10.3. The summed E-state index contributed by atoms with van der Waals surface area (Å²) in [5.41, 5.74) is -0.107.